The molecule has 2 aromatic carbocycles. The van der Waals surface area contributed by atoms with Gasteiger partial charge in [0.25, 0.3) is 0 Å². The molecule has 0 radical (unpaired) electrons. The van der Waals surface area contributed by atoms with Gasteiger partial charge < -0.3 is 20.1 Å². The van der Waals surface area contributed by atoms with Gasteiger partial charge in [0.2, 0.25) is 11.8 Å². The Morgan fingerprint density at radius 2 is 1.68 bits per heavy atom. The van der Waals surface area contributed by atoms with Crippen LogP contribution in [0.3, 0.4) is 0 Å². The van der Waals surface area contributed by atoms with Crippen LogP contribution in [0.5, 0.6) is 11.8 Å². The van der Waals surface area contributed by atoms with E-state index in [2.05, 4.69) is 10.9 Å². The molecule has 7 nitrogen and oxygen atoms in total. The zero-order chi connectivity index (χ0) is 21.8. The van der Waals surface area contributed by atoms with Crippen molar-refractivity contribution in [1.29, 1.82) is 5.26 Å². The Hall–Kier alpha value is -3.52. The lowest BCUT2D eigenvalue weighted by molar-refractivity contribution is -0.101. The molecule has 31 heavy (non-hydrogen) atoms. The molecule has 2 aliphatic heterocycles. The molecule has 1 saturated heterocycles. The number of aliphatic hydroxyl groups excluding tert-OH is 1. The molecule has 0 spiro atoms. The second-order valence-corrected chi connectivity index (χ2v) is 8.22. The smallest absolute Gasteiger partial charge is 0.205 e. The zero-order valence-corrected chi connectivity index (χ0v) is 16.8. The van der Waals surface area contributed by atoms with Crippen molar-refractivity contribution in [3.05, 3.63) is 58.9 Å². The van der Waals surface area contributed by atoms with Crippen LogP contribution in [0.2, 0.25) is 0 Å². The van der Waals surface area contributed by atoms with Crippen molar-refractivity contribution < 1.29 is 20.1 Å². The summed E-state index contributed by atoms with van der Waals surface area (Å²) in [5.41, 5.74) is 0.308. The molecular weight excluding hydrogens is 394 g/mol. The first-order valence-electron chi connectivity index (χ1n) is 10.3. The van der Waals surface area contributed by atoms with Crippen molar-refractivity contribution in [2.75, 3.05) is 6.61 Å². The van der Waals surface area contributed by atoms with E-state index in [1.54, 1.807) is 12.1 Å². The van der Waals surface area contributed by atoms with Crippen LogP contribution < -0.4 is 0 Å². The second kappa shape index (κ2) is 6.75. The number of hydrogen-bond acceptors (Lipinski definition) is 5. The van der Waals surface area contributed by atoms with Crippen LogP contribution in [-0.2, 0) is 15.9 Å². The van der Waals surface area contributed by atoms with Gasteiger partial charge in [-0.25, -0.2) is 4.85 Å². The molecule has 3 heterocycles. The maximum atomic E-state index is 11.4. The standard InChI is InChI=1S/C24H21N3O4/c1-26-17-7-8-18(16-6-3-2-5-15(16)17)27-21(29)19-20(22(27)30)24(12-14-28)11-10-23(19,31-24)9-4-13-25/h2-3,5-8,28-30H,4,9-12,14H2. The van der Waals surface area contributed by atoms with Gasteiger partial charge in [-0.2, -0.15) is 5.26 Å². The number of ether oxygens (including phenoxy) is 1. The average Bonchev–Trinajstić information content (AvgIpc) is 3.38. The summed E-state index contributed by atoms with van der Waals surface area (Å²) >= 11 is 0. The average molecular weight is 415 g/mol. The van der Waals surface area contributed by atoms with E-state index in [9.17, 15) is 15.3 Å². The third-order valence-electron chi connectivity index (χ3n) is 6.75. The first-order valence-corrected chi connectivity index (χ1v) is 10.3. The van der Waals surface area contributed by atoms with Gasteiger partial charge in [0.15, 0.2) is 5.69 Å². The van der Waals surface area contributed by atoms with Crippen LogP contribution in [0.25, 0.3) is 21.3 Å². The molecule has 2 bridgehead atoms. The van der Waals surface area contributed by atoms with E-state index in [1.165, 1.54) is 4.57 Å². The molecule has 3 N–H and O–H groups in total. The predicted octanol–water partition coefficient (Wildman–Crippen LogP) is 4.49. The minimum Gasteiger partial charge on any atom is -0.494 e. The Balaban J connectivity index is 1.80. The van der Waals surface area contributed by atoms with E-state index in [0.717, 1.165) is 10.8 Å². The van der Waals surface area contributed by atoms with Gasteiger partial charge in [-0.05, 0) is 36.1 Å². The highest BCUT2D eigenvalue weighted by molar-refractivity contribution is 6.00. The maximum absolute atomic E-state index is 11.4. The number of hydrogen-bond donors (Lipinski definition) is 3. The van der Waals surface area contributed by atoms with Crippen LogP contribution in [-0.4, -0.2) is 26.5 Å². The number of benzene rings is 2. The normalized spacial score (nSPS) is 23.6. The van der Waals surface area contributed by atoms with Crippen LogP contribution in [0.15, 0.2) is 36.4 Å². The number of aliphatic hydroxyl groups is 1. The number of aromatic nitrogens is 1. The van der Waals surface area contributed by atoms with Crippen molar-refractivity contribution in [2.45, 2.75) is 43.3 Å². The summed E-state index contributed by atoms with van der Waals surface area (Å²) in [7, 11) is 0. The fourth-order valence-corrected chi connectivity index (χ4v) is 5.47. The van der Waals surface area contributed by atoms with Crippen LogP contribution in [0.1, 0.15) is 43.2 Å². The predicted molar refractivity (Wildman–Crippen MR) is 113 cm³/mol. The lowest BCUT2D eigenvalue weighted by Gasteiger charge is -2.26. The Labute approximate surface area is 179 Å². The first-order chi connectivity index (χ1) is 15.0. The van der Waals surface area contributed by atoms with Gasteiger partial charge in [0.1, 0.15) is 11.2 Å². The third-order valence-corrected chi connectivity index (χ3v) is 6.75. The Morgan fingerprint density at radius 3 is 2.29 bits per heavy atom. The van der Waals surface area contributed by atoms with Crippen molar-refractivity contribution in [1.82, 2.24) is 4.57 Å². The SMILES string of the molecule is [C-]#[N+]c1ccc(-n2c(O)c3c(c2O)C2(CCC#N)CCC3(CCO)O2)c2ccccc12. The molecule has 2 atom stereocenters. The number of nitriles is 1. The Morgan fingerprint density at radius 1 is 1.03 bits per heavy atom. The highest BCUT2D eigenvalue weighted by Crippen LogP contribution is 2.67. The fraction of sp³-hybridized carbons (Fsp3) is 0.333. The van der Waals surface area contributed by atoms with E-state index < -0.39 is 11.2 Å². The summed E-state index contributed by atoms with van der Waals surface area (Å²) in [6, 6.07) is 12.9. The molecule has 5 rings (SSSR count). The minimum atomic E-state index is -0.890. The maximum Gasteiger partial charge on any atom is 0.205 e. The monoisotopic (exact) mass is 415 g/mol. The molecule has 7 heteroatoms. The highest BCUT2D eigenvalue weighted by Gasteiger charge is 2.63. The number of nitrogens with zero attached hydrogens (tertiary/aromatic N) is 3. The van der Waals surface area contributed by atoms with Crippen LogP contribution in [0, 0.1) is 17.9 Å². The van der Waals surface area contributed by atoms with E-state index in [1.807, 2.05) is 24.3 Å². The Bertz CT molecular complexity index is 1300. The molecule has 2 unspecified atom stereocenters. The lowest BCUT2D eigenvalue weighted by atomic mass is 9.75. The van der Waals surface area contributed by atoms with E-state index >= 15 is 0 Å². The highest BCUT2D eigenvalue weighted by atomic mass is 16.5. The van der Waals surface area contributed by atoms with E-state index in [-0.39, 0.29) is 24.8 Å². The molecule has 0 saturated carbocycles. The van der Waals surface area contributed by atoms with Gasteiger partial charge in [0.05, 0.1) is 29.5 Å². The number of aromatic hydroxyl groups is 2. The molecule has 156 valence electrons. The number of rotatable bonds is 5. The summed E-state index contributed by atoms with van der Waals surface area (Å²) in [6.45, 7) is 7.32. The first kappa shape index (κ1) is 19.4. The van der Waals surface area contributed by atoms with E-state index in [4.69, 9.17) is 16.6 Å². The lowest BCUT2D eigenvalue weighted by Crippen LogP contribution is -2.24. The Kier molecular flexibility index (Phi) is 4.23. The van der Waals surface area contributed by atoms with Gasteiger partial charge >= 0.3 is 0 Å². The van der Waals surface area contributed by atoms with Crippen molar-refractivity contribution >= 4 is 16.5 Å². The van der Waals surface area contributed by atoms with Gasteiger partial charge in [-0.1, -0.05) is 30.3 Å². The quantitative estimate of drug-likeness (QED) is 0.533. The fourth-order valence-electron chi connectivity index (χ4n) is 5.47. The number of fused-ring (bicyclic) bond motifs is 6. The zero-order valence-electron chi connectivity index (χ0n) is 16.8. The van der Waals surface area contributed by atoms with Gasteiger partial charge in [-0.15, -0.1) is 0 Å². The van der Waals surface area contributed by atoms with Gasteiger partial charge in [0, 0.05) is 19.4 Å². The largest absolute Gasteiger partial charge is 0.494 e. The summed E-state index contributed by atoms with van der Waals surface area (Å²) in [5, 5.41) is 43.0. The summed E-state index contributed by atoms with van der Waals surface area (Å²) < 4.78 is 7.80. The second-order valence-electron chi connectivity index (χ2n) is 8.22. The molecule has 1 aromatic heterocycles. The molecule has 2 aliphatic rings. The summed E-state index contributed by atoms with van der Waals surface area (Å²) in [5.74, 6) is -0.245. The van der Waals surface area contributed by atoms with Crippen molar-refractivity contribution in [2.24, 2.45) is 0 Å². The summed E-state index contributed by atoms with van der Waals surface area (Å²) in [6.07, 6.45) is 2.15. The molecule has 0 aliphatic carbocycles. The molecular formula is C24H21N3O4. The topological polar surface area (TPSA) is 103 Å². The molecule has 3 aromatic rings. The van der Waals surface area contributed by atoms with Crippen molar-refractivity contribution in [3.63, 3.8) is 0 Å². The van der Waals surface area contributed by atoms with Crippen molar-refractivity contribution in [3.8, 4) is 23.5 Å². The summed E-state index contributed by atoms with van der Waals surface area (Å²) in [4.78, 5) is 3.58. The third kappa shape index (κ3) is 2.45. The molecule has 0 amide bonds. The van der Waals surface area contributed by atoms with Crippen LogP contribution >= 0.6 is 0 Å². The van der Waals surface area contributed by atoms with E-state index in [0.29, 0.717) is 48.2 Å². The molecule has 1 fully saturated rings. The van der Waals surface area contributed by atoms with Gasteiger partial charge in [-0.3, -0.25) is 4.57 Å². The van der Waals surface area contributed by atoms with Crippen LogP contribution in [0.4, 0.5) is 5.69 Å². The minimum absolute atomic E-state index is 0.120.